The maximum Gasteiger partial charge on any atom is 0.0745 e. The first-order valence-electron chi connectivity index (χ1n) is 6.09. The lowest BCUT2D eigenvalue weighted by atomic mass is 10.0. The van der Waals surface area contributed by atoms with Crippen molar-refractivity contribution < 1.29 is 0 Å². The summed E-state index contributed by atoms with van der Waals surface area (Å²) in [5, 5.41) is 2.71. The van der Waals surface area contributed by atoms with Crippen LogP contribution < -0.4 is 15.3 Å². The predicted molar refractivity (Wildman–Crippen MR) is 79.0 cm³/mol. The lowest BCUT2D eigenvalue weighted by Crippen LogP contribution is -2.24. The molecule has 0 amide bonds. The number of rotatable bonds is 0. The topological polar surface area (TPSA) is 3.24 Å². The van der Waals surface area contributed by atoms with E-state index in [-0.39, 0.29) is 0 Å². The van der Waals surface area contributed by atoms with Crippen LogP contribution in [-0.4, -0.2) is 13.1 Å². The lowest BCUT2D eigenvalue weighted by molar-refractivity contribution is 0.987. The summed E-state index contributed by atoms with van der Waals surface area (Å²) in [7, 11) is 2.17. The second-order valence-corrected chi connectivity index (χ2v) is 5.80. The molecule has 2 heteroatoms. The molecule has 0 bridgehead atoms. The molecule has 18 heavy (non-hydrogen) atoms. The van der Waals surface area contributed by atoms with Crippen LogP contribution in [0, 0.1) is 0 Å². The van der Waals surface area contributed by atoms with Crippen LogP contribution >= 0.6 is 15.9 Å². The van der Waals surface area contributed by atoms with E-state index in [9.17, 15) is 0 Å². The molecule has 2 aromatic carbocycles. The third kappa shape index (κ3) is 1.21. The van der Waals surface area contributed by atoms with Crippen LogP contribution in [0.5, 0.6) is 0 Å². The highest BCUT2D eigenvalue weighted by Crippen LogP contribution is 2.39. The molecule has 88 valence electrons. The van der Waals surface area contributed by atoms with Gasteiger partial charge < -0.3 is 4.90 Å². The summed E-state index contributed by atoms with van der Waals surface area (Å²) in [6.45, 7) is 0. The summed E-state index contributed by atoms with van der Waals surface area (Å²) in [4.78, 5) is 2.36. The molecule has 0 N–H and O–H groups in total. The molecule has 0 saturated carbocycles. The van der Waals surface area contributed by atoms with Crippen LogP contribution in [0.2, 0.25) is 0 Å². The van der Waals surface area contributed by atoms with Crippen LogP contribution in [0.25, 0.3) is 11.6 Å². The van der Waals surface area contributed by atoms with Crippen molar-refractivity contribution in [2.45, 2.75) is 6.04 Å². The Hall–Kier alpha value is -1.54. The number of likely N-dealkylation sites (N-methyl/N-ethyl adjacent to an activating group) is 1. The fourth-order valence-corrected chi connectivity index (χ4v) is 3.48. The van der Waals surface area contributed by atoms with Crippen LogP contribution in [-0.2, 0) is 0 Å². The zero-order valence-electron chi connectivity index (χ0n) is 10.0. The molecule has 0 aromatic heterocycles. The van der Waals surface area contributed by atoms with Gasteiger partial charge in [-0.2, -0.15) is 0 Å². The number of halogens is 1. The molecular weight excluding hydrogens is 286 g/mol. The number of nitrogens with zero attached hydrogens (tertiary/aromatic N) is 1. The second-order valence-electron chi connectivity index (χ2n) is 4.88. The van der Waals surface area contributed by atoms with Crippen molar-refractivity contribution in [2.75, 3.05) is 11.9 Å². The van der Waals surface area contributed by atoms with Crippen molar-refractivity contribution >= 4 is 33.3 Å². The molecule has 1 nitrogen and oxygen atoms in total. The van der Waals surface area contributed by atoms with Crippen LogP contribution in [0.15, 0.2) is 46.9 Å². The highest BCUT2D eigenvalue weighted by Gasteiger charge is 2.32. The Morgan fingerprint density at radius 2 is 1.94 bits per heavy atom. The SMILES string of the molecule is CN1c2ccccc2C2=c3ccc(Br)cc3=CC21. The predicted octanol–water partition coefficient (Wildman–Crippen LogP) is 2.26. The molecule has 1 heterocycles. The van der Waals surface area contributed by atoms with Crippen molar-refractivity contribution in [3.63, 3.8) is 0 Å². The number of para-hydroxylation sites is 1. The number of hydrogen-bond donors (Lipinski definition) is 0. The summed E-state index contributed by atoms with van der Waals surface area (Å²) >= 11 is 3.55. The molecule has 1 aliphatic carbocycles. The molecule has 0 saturated heterocycles. The quantitative estimate of drug-likeness (QED) is 0.721. The van der Waals surface area contributed by atoms with Gasteiger partial charge in [-0.1, -0.05) is 40.2 Å². The molecule has 0 spiro atoms. The standard InChI is InChI=1S/C16H12BrN/c1-18-14-5-3-2-4-13(14)16-12-7-6-11(17)8-10(12)9-15(16)18/h2-9,15H,1H3. The molecule has 1 atom stereocenters. The van der Waals surface area contributed by atoms with Crippen LogP contribution in [0.3, 0.4) is 0 Å². The molecule has 0 radical (unpaired) electrons. The van der Waals surface area contributed by atoms with Gasteiger partial charge in [-0.05, 0) is 40.3 Å². The molecule has 4 rings (SSSR count). The van der Waals surface area contributed by atoms with Crippen molar-refractivity contribution in [3.8, 4) is 0 Å². The van der Waals surface area contributed by atoms with E-state index >= 15 is 0 Å². The summed E-state index contributed by atoms with van der Waals surface area (Å²) in [5.41, 5.74) is 4.17. The first kappa shape index (κ1) is 10.4. The van der Waals surface area contributed by atoms with E-state index in [1.807, 2.05) is 0 Å². The minimum atomic E-state index is 0.395. The third-order valence-corrected chi connectivity index (χ3v) is 4.42. The minimum Gasteiger partial charge on any atom is -0.363 e. The van der Waals surface area contributed by atoms with Crippen molar-refractivity contribution in [3.05, 3.63) is 62.9 Å². The first-order valence-corrected chi connectivity index (χ1v) is 6.89. The van der Waals surface area contributed by atoms with E-state index in [0.717, 1.165) is 4.47 Å². The second kappa shape index (κ2) is 3.48. The first-order chi connectivity index (χ1) is 8.75. The fraction of sp³-hybridized carbons (Fsp3) is 0.125. The fourth-order valence-electron chi connectivity index (χ4n) is 3.10. The molecule has 2 aromatic rings. The maximum atomic E-state index is 3.55. The Morgan fingerprint density at radius 3 is 2.83 bits per heavy atom. The van der Waals surface area contributed by atoms with Crippen molar-refractivity contribution in [1.82, 2.24) is 0 Å². The zero-order valence-corrected chi connectivity index (χ0v) is 11.6. The van der Waals surface area contributed by atoms with E-state index in [1.54, 1.807) is 0 Å². The summed E-state index contributed by atoms with van der Waals surface area (Å²) < 4.78 is 1.15. The highest BCUT2D eigenvalue weighted by atomic mass is 79.9. The monoisotopic (exact) mass is 297 g/mol. The lowest BCUT2D eigenvalue weighted by Gasteiger charge is -2.18. The highest BCUT2D eigenvalue weighted by molar-refractivity contribution is 9.10. The van der Waals surface area contributed by atoms with Crippen LogP contribution in [0.4, 0.5) is 5.69 Å². The van der Waals surface area contributed by atoms with Gasteiger partial charge in [-0.3, -0.25) is 0 Å². The Kier molecular flexibility index (Phi) is 2.01. The van der Waals surface area contributed by atoms with Gasteiger partial charge in [-0.15, -0.1) is 0 Å². The Labute approximate surface area is 114 Å². The zero-order chi connectivity index (χ0) is 12.3. The van der Waals surface area contributed by atoms with Gasteiger partial charge in [0.1, 0.15) is 0 Å². The minimum absolute atomic E-state index is 0.395. The van der Waals surface area contributed by atoms with Crippen molar-refractivity contribution in [2.24, 2.45) is 0 Å². The van der Waals surface area contributed by atoms with Gasteiger partial charge in [0.25, 0.3) is 0 Å². The van der Waals surface area contributed by atoms with E-state index in [4.69, 9.17) is 0 Å². The number of hydrogen-bond acceptors (Lipinski definition) is 1. The van der Waals surface area contributed by atoms with Gasteiger partial charge >= 0.3 is 0 Å². The van der Waals surface area contributed by atoms with Crippen molar-refractivity contribution in [1.29, 1.82) is 0 Å². The van der Waals surface area contributed by atoms with E-state index in [1.165, 1.54) is 27.3 Å². The third-order valence-electron chi connectivity index (χ3n) is 3.93. The Bertz CT molecular complexity index is 776. The molecule has 1 aliphatic heterocycles. The molecular formula is C16H12BrN. The van der Waals surface area contributed by atoms with Gasteiger partial charge in [0.15, 0.2) is 0 Å². The number of fused-ring (bicyclic) bond motifs is 4. The number of anilines is 1. The van der Waals surface area contributed by atoms with Crippen LogP contribution in [0.1, 0.15) is 5.56 Å². The molecule has 2 aliphatic rings. The number of benzene rings is 2. The van der Waals surface area contributed by atoms with E-state index in [0.29, 0.717) is 6.04 Å². The smallest absolute Gasteiger partial charge is 0.0745 e. The van der Waals surface area contributed by atoms with Gasteiger partial charge in [0, 0.05) is 22.8 Å². The largest absolute Gasteiger partial charge is 0.363 e. The van der Waals surface area contributed by atoms with Gasteiger partial charge in [0.05, 0.1) is 6.04 Å². The maximum absolute atomic E-state index is 3.55. The van der Waals surface area contributed by atoms with E-state index < -0.39 is 0 Å². The van der Waals surface area contributed by atoms with Gasteiger partial charge in [0.2, 0.25) is 0 Å². The Balaban J connectivity index is 2.14. The molecule has 0 fully saturated rings. The van der Waals surface area contributed by atoms with E-state index in [2.05, 4.69) is 76.4 Å². The molecule has 1 unspecified atom stereocenters. The normalized spacial score (nSPS) is 19.3. The summed E-state index contributed by atoms with van der Waals surface area (Å²) in [5.74, 6) is 0. The van der Waals surface area contributed by atoms with Gasteiger partial charge in [-0.25, -0.2) is 0 Å². The average molecular weight is 298 g/mol. The summed E-state index contributed by atoms with van der Waals surface area (Å²) in [6.07, 6.45) is 2.36. The Morgan fingerprint density at radius 1 is 1.11 bits per heavy atom. The average Bonchev–Trinajstić information content (AvgIpc) is 2.87. The summed E-state index contributed by atoms with van der Waals surface area (Å²) in [6, 6.07) is 15.6.